The maximum absolute atomic E-state index is 6.57. The third-order valence-corrected chi connectivity index (χ3v) is 12.9. The van der Waals surface area contributed by atoms with Gasteiger partial charge in [-0.3, -0.25) is 0 Å². The molecule has 0 bridgehead atoms. The summed E-state index contributed by atoms with van der Waals surface area (Å²) < 4.78 is 11.3. The van der Waals surface area contributed by atoms with Crippen LogP contribution < -0.4 is 4.90 Å². The zero-order valence-corrected chi connectivity index (χ0v) is 34.8. The molecule has 0 aliphatic rings. The van der Waals surface area contributed by atoms with E-state index in [0.717, 1.165) is 61.4 Å². The Labute approximate surface area is 369 Å². The third-order valence-electron chi connectivity index (χ3n) is 12.9. The zero-order valence-electron chi connectivity index (χ0n) is 34.8. The number of anilines is 3. The van der Waals surface area contributed by atoms with Gasteiger partial charge in [-0.15, -0.1) is 0 Å². The molecule has 0 unspecified atom stereocenters. The molecule has 0 fully saturated rings. The highest BCUT2D eigenvalue weighted by atomic mass is 16.3. The van der Waals surface area contributed by atoms with E-state index in [-0.39, 0.29) is 0 Å². The number of hydrogen-bond acceptors (Lipinski definition) is 2. The second kappa shape index (κ2) is 14.5. The topological polar surface area (TPSA) is 26.2 Å². The van der Waals surface area contributed by atoms with Gasteiger partial charge in [-0.2, -0.15) is 0 Å². The highest BCUT2D eigenvalue weighted by Crippen LogP contribution is 2.42. The van der Waals surface area contributed by atoms with Crippen molar-refractivity contribution in [1.82, 2.24) is 9.13 Å². The number of hydrogen-bond donors (Lipinski definition) is 0. The molecule has 4 heteroatoms. The third kappa shape index (κ3) is 5.70. The number of nitrogens with zero attached hydrogens (tertiary/aromatic N) is 3. The lowest BCUT2D eigenvalue weighted by molar-refractivity contribution is 0.666. The maximum Gasteiger partial charge on any atom is 0.159 e. The van der Waals surface area contributed by atoms with Crippen molar-refractivity contribution in [1.29, 1.82) is 0 Å². The minimum atomic E-state index is 0.896. The van der Waals surface area contributed by atoms with Gasteiger partial charge in [0.05, 0.1) is 27.8 Å². The molecule has 64 heavy (non-hydrogen) atoms. The molecule has 3 aromatic heterocycles. The zero-order chi connectivity index (χ0) is 42.1. The van der Waals surface area contributed by atoms with Crippen molar-refractivity contribution in [3.63, 3.8) is 0 Å². The molecular formula is C60H39N3O. The number of benzene rings is 10. The van der Waals surface area contributed by atoms with Gasteiger partial charge in [0.25, 0.3) is 0 Å². The van der Waals surface area contributed by atoms with Gasteiger partial charge in [-0.25, -0.2) is 0 Å². The first kappa shape index (κ1) is 36.1. The van der Waals surface area contributed by atoms with Gasteiger partial charge in [0.15, 0.2) is 5.58 Å². The first-order valence-electron chi connectivity index (χ1n) is 21.8. The molecule has 0 amide bonds. The van der Waals surface area contributed by atoms with Crippen molar-refractivity contribution in [3.8, 4) is 33.6 Å². The molecule has 10 aromatic carbocycles. The van der Waals surface area contributed by atoms with Crippen LogP contribution in [0.15, 0.2) is 241 Å². The fourth-order valence-corrected chi connectivity index (χ4v) is 9.96. The largest absolute Gasteiger partial charge is 0.454 e. The van der Waals surface area contributed by atoms with E-state index in [1.54, 1.807) is 0 Å². The molecule has 3 heterocycles. The average Bonchev–Trinajstić information content (AvgIpc) is 4.02. The summed E-state index contributed by atoms with van der Waals surface area (Å²) in [6.07, 6.45) is 0. The summed E-state index contributed by atoms with van der Waals surface area (Å²) in [4.78, 5) is 2.30. The van der Waals surface area contributed by atoms with Crippen molar-refractivity contribution in [2.24, 2.45) is 0 Å². The van der Waals surface area contributed by atoms with Crippen LogP contribution in [-0.2, 0) is 0 Å². The molecule has 0 radical (unpaired) electrons. The van der Waals surface area contributed by atoms with Gasteiger partial charge in [0, 0.05) is 55.1 Å². The summed E-state index contributed by atoms with van der Waals surface area (Å²) in [6, 6.07) is 85.1. The summed E-state index contributed by atoms with van der Waals surface area (Å²) >= 11 is 0. The van der Waals surface area contributed by atoms with E-state index in [2.05, 4.69) is 245 Å². The minimum Gasteiger partial charge on any atom is -0.454 e. The number of aromatic nitrogens is 2. The Hall–Kier alpha value is -8.60. The number of furan rings is 1. The molecule has 0 spiro atoms. The Morgan fingerprint density at radius 2 is 0.750 bits per heavy atom. The van der Waals surface area contributed by atoms with Crippen LogP contribution in [-0.4, -0.2) is 9.13 Å². The van der Waals surface area contributed by atoms with Crippen molar-refractivity contribution in [3.05, 3.63) is 237 Å². The predicted octanol–water partition coefficient (Wildman–Crippen LogP) is 16.6. The van der Waals surface area contributed by atoms with Crippen molar-refractivity contribution < 1.29 is 4.42 Å². The van der Waals surface area contributed by atoms with E-state index in [4.69, 9.17) is 4.42 Å². The fourth-order valence-electron chi connectivity index (χ4n) is 9.96. The normalized spacial score (nSPS) is 11.8. The molecule has 0 saturated heterocycles. The summed E-state index contributed by atoms with van der Waals surface area (Å²) in [6.45, 7) is 0. The quantitative estimate of drug-likeness (QED) is 0.160. The van der Waals surface area contributed by atoms with Crippen molar-refractivity contribution in [2.45, 2.75) is 0 Å². The summed E-state index contributed by atoms with van der Waals surface area (Å²) in [5, 5.41) is 7.10. The monoisotopic (exact) mass is 817 g/mol. The SMILES string of the molecule is c1ccc(N(c2ccccc2)c2ccc(-c3ccc4c(c3)c3cc(-c5ccc6c(c5)c5ccccc5n6-c5cccc6c5oc5ccccc56)ccc3n4-c3ccccc3)cc2)cc1. The molecule has 13 aromatic rings. The minimum absolute atomic E-state index is 0.896. The molecule has 300 valence electrons. The van der Waals surface area contributed by atoms with Crippen LogP contribution in [0.25, 0.3) is 99.2 Å². The molecule has 4 nitrogen and oxygen atoms in total. The highest BCUT2D eigenvalue weighted by molar-refractivity contribution is 6.15. The van der Waals surface area contributed by atoms with Crippen LogP contribution in [0.5, 0.6) is 0 Å². The number of para-hydroxylation sites is 6. The Bertz CT molecular complexity index is 3840. The van der Waals surface area contributed by atoms with E-state index in [0.29, 0.717) is 0 Å². The molecule has 0 saturated carbocycles. The smallest absolute Gasteiger partial charge is 0.159 e. The van der Waals surface area contributed by atoms with Gasteiger partial charge >= 0.3 is 0 Å². The van der Waals surface area contributed by atoms with Gasteiger partial charge in [0.1, 0.15) is 5.58 Å². The molecule has 13 rings (SSSR count). The van der Waals surface area contributed by atoms with Crippen molar-refractivity contribution in [2.75, 3.05) is 4.90 Å². The summed E-state index contributed by atoms with van der Waals surface area (Å²) in [5.74, 6) is 0. The molecule has 0 atom stereocenters. The highest BCUT2D eigenvalue weighted by Gasteiger charge is 2.20. The molecule has 0 N–H and O–H groups in total. The second-order valence-corrected chi connectivity index (χ2v) is 16.5. The maximum atomic E-state index is 6.57. The summed E-state index contributed by atoms with van der Waals surface area (Å²) in [5.41, 5.74) is 16.7. The van der Waals surface area contributed by atoms with Crippen LogP contribution in [0.1, 0.15) is 0 Å². The lowest BCUT2D eigenvalue weighted by atomic mass is 9.99. The number of rotatable bonds is 7. The van der Waals surface area contributed by atoms with Crippen LogP contribution in [0, 0.1) is 0 Å². The van der Waals surface area contributed by atoms with Crippen LogP contribution in [0.4, 0.5) is 17.1 Å². The van der Waals surface area contributed by atoms with Gasteiger partial charge < -0.3 is 18.5 Å². The van der Waals surface area contributed by atoms with E-state index in [1.165, 1.54) is 54.8 Å². The average molecular weight is 818 g/mol. The number of fused-ring (bicyclic) bond motifs is 9. The first-order chi connectivity index (χ1) is 31.7. The molecule has 0 aliphatic heterocycles. The van der Waals surface area contributed by atoms with E-state index in [1.807, 2.05) is 6.07 Å². The Balaban J connectivity index is 0.948. The lowest BCUT2D eigenvalue weighted by Crippen LogP contribution is -2.09. The Morgan fingerprint density at radius 3 is 1.39 bits per heavy atom. The van der Waals surface area contributed by atoms with E-state index < -0.39 is 0 Å². The van der Waals surface area contributed by atoms with Gasteiger partial charge in [-0.1, -0.05) is 133 Å². The Kier molecular flexibility index (Phi) is 8.18. The lowest BCUT2D eigenvalue weighted by Gasteiger charge is -2.25. The predicted molar refractivity (Wildman–Crippen MR) is 268 cm³/mol. The van der Waals surface area contributed by atoms with Crippen LogP contribution >= 0.6 is 0 Å². The Morgan fingerprint density at radius 1 is 0.297 bits per heavy atom. The van der Waals surface area contributed by atoms with Gasteiger partial charge in [-0.05, 0) is 125 Å². The van der Waals surface area contributed by atoms with Crippen molar-refractivity contribution >= 4 is 82.6 Å². The van der Waals surface area contributed by atoms with E-state index >= 15 is 0 Å². The summed E-state index contributed by atoms with van der Waals surface area (Å²) in [7, 11) is 0. The van der Waals surface area contributed by atoms with E-state index in [9.17, 15) is 0 Å². The van der Waals surface area contributed by atoms with Crippen LogP contribution in [0.2, 0.25) is 0 Å². The van der Waals surface area contributed by atoms with Crippen LogP contribution in [0.3, 0.4) is 0 Å². The second-order valence-electron chi connectivity index (χ2n) is 16.5. The molecule has 0 aliphatic carbocycles. The standard InChI is InChI=1S/C60H39N3O/c1-4-15-44(16-5-1)61(45-17-6-2-7-18-45)47-32-27-40(28-33-47)41-29-34-55-52(37-41)53-39-43(30-35-56(53)62(55)46-19-8-3-9-20-46)42-31-36-57-51(38-42)48-21-10-12-24-54(48)63(57)58-25-14-23-50-49-22-11-13-26-59(49)64-60(50)58/h1-39H. The fraction of sp³-hybridized carbons (Fsp3) is 0. The van der Waals surface area contributed by atoms with Gasteiger partial charge in [0.2, 0.25) is 0 Å². The molecular weight excluding hydrogens is 779 g/mol. The first-order valence-corrected chi connectivity index (χ1v) is 21.8.